The number of ether oxygens (including phenoxy) is 2. The molecule has 0 heterocycles. The summed E-state index contributed by atoms with van der Waals surface area (Å²) in [5.74, 6) is -0.611. The number of aliphatic hydroxyl groups excluding tert-OH is 1. The maximum Gasteiger partial charge on any atom is 0.306 e. The van der Waals surface area contributed by atoms with Gasteiger partial charge in [-0.05, 0) is 51.4 Å². The summed E-state index contributed by atoms with van der Waals surface area (Å²) in [6.07, 6.45) is 44.8. The van der Waals surface area contributed by atoms with Gasteiger partial charge in [-0.3, -0.25) is 9.59 Å². The quantitative estimate of drug-likeness (QED) is 0.0421. The average Bonchev–Trinajstić information content (AvgIpc) is 3.06. The first-order valence-electron chi connectivity index (χ1n) is 19.5. The highest BCUT2D eigenvalue weighted by atomic mass is 16.6. The SMILES string of the molecule is CCCCCC=CCC=CCC=CCCCCCCC(=O)OC(CO)COC(=O)CCCCCCCCCCCCCCCCC. The third-order valence-electron chi connectivity index (χ3n) is 8.44. The smallest absolute Gasteiger partial charge is 0.306 e. The second kappa shape index (κ2) is 37.6. The standard InChI is InChI=1S/C41H74O5/c1-3-5-7-9-11-13-15-17-19-20-22-24-26-28-30-32-34-36-41(44)46-39(37-42)38-45-40(43)35-33-31-29-27-25-23-21-18-16-14-12-10-8-6-4-2/h11,13,17,19,22,24,39,42H,3-10,12,14-16,18,20-21,23,25-38H2,1-2H3. The number of aliphatic hydroxyl groups is 1. The number of hydrogen-bond donors (Lipinski definition) is 1. The van der Waals surface area contributed by atoms with Crippen molar-refractivity contribution in [1.29, 1.82) is 0 Å². The number of hydrogen-bond acceptors (Lipinski definition) is 5. The molecule has 0 saturated heterocycles. The van der Waals surface area contributed by atoms with E-state index in [0.717, 1.165) is 64.2 Å². The molecule has 1 atom stereocenters. The zero-order valence-corrected chi connectivity index (χ0v) is 30.3. The summed E-state index contributed by atoms with van der Waals surface area (Å²) < 4.78 is 10.6. The third-order valence-corrected chi connectivity index (χ3v) is 8.44. The molecule has 268 valence electrons. The van der Waals surface area contributed by atoms with Gasteiger partial charge >= 0.3 is 11.9 Å². The third kappa shape index (κ3) is 35.0. The number of rotatable bonds is 35. The molecule has 0 radical (unpaired) electrons. The number of esters is 2. The van der Waals surface area contributed by atoms with Crippen LogP contribution >= 0.6 is 0 Å². The van der Waals surface area contributed by atoms with Gasteiger partial charge in [-0.1, -0.05) is 166 Å². The highest BCUT2D eigenvalue weighted by Crippen LogP contribution is 2.14. The fourth-order valence-electron chi connectivity index (χ4n) is 5.44. The first kappa shape index (κ1) is 44.1. The van der Waals surface area contributed by atoms with E-state index in [9.17, 15) is 14.7 Å². The van der Waals surface area contributed by atoms with Crippen LogP contribution in [0.1, 0.15) is 194 Å². The molecule has 0 bridgehead atoms. The Morgan fingerprint density at radius 3 is 1.35 bits per heavy atom. The van der Waals surface area contributed by atoms with Crippen molar-refractivity contribution < 1.29 is 24.2 Å². The van der Waals surface area contributed by atoms with Crippen LogP contribution in [0.4, 0.5) is 0 Å². The number of unbranched alkanes of at least 4 members (excludes halogenated alkanes) is 21. The van der Waals surface area contributed by atoms with Crippen LogP contribution in [-0.4, -0.2) is 36.4 Å². The molecule has 0 fully saturated rings. The van der Waals surface area contributed by atoms with E-state index in [1.54, 1.807) is 0 Å². The van der Waals surface area contributed by atoms with Crippen LogP contribution in [-0.2, 0) is 19.1 Å². The van der Waals surface area contributed by atoms with Gasteiger partial charge in [0, 0.05) is 12.8 Å². The Balaban J connectivity index is 3.59. The highest BCUT2D eigenvalue weighted by molar-refractivity contribution is 5.70. The van der Waals surface area contributed by atoms with Crippen LogP contribution in [0.2, 0.25) is 0 Å². The molecule has 0 amide bonds. The molecule has 0 aromatic rings. The van der Waals surface area contributed by atoms with E-state index in [-0.39, 0.29) is 25.2 Å². The van der Waals surface area contributed by atoms with Crippen LogP contribution in [0.15, 0.2) is 36.5 Å². The van der Waals surface area contributed by atoms with E-state index in [4.69, 9.17) is 9.47 Å². The minimum Gasteiger partial charge on any atom is -0.462 e. The Hall–Kier alpha value is -1.88. The van der Waals surface area contributed by atoms with E-state index in [2.05, 4.69) is 50.3 Å². The van der Waals surface area contributed by atoms with E-state index in [1.807, 2.05) is 0 Å². The van der Waals surface area contributed by atoms with Crippen molar-refractivity contribution in [2.45, 2.75) is 200 Å². The maximum atomic E-state index is 12.2. The van der Waals surface area contributed by atoms with E-state index >= 15 is 0 Å². The number of carbonyl (C=O) groups is 2. The maximum absolute atomic E-state index is 12.2. The Labute approximate surface area is 285 Å². The molecule has 0 aliphatic carbocycles. The summed E-state index contributed by atoms with van der Waals surface area (Å²) in [6, 6.07) is 0. The largest absolute Gasteiger partial charge is 0.462 e. The van der Waals surface area contributed by atoms with Crippen LogP contribution in [0, 0.1) is 0 Å². The minimum absolute atomic E-state index is 0.0723. The van der Waals surface area contributed by atoms with Gasteiger partial charge in [0.05, 0.1) is 6.61 Å². The Morgan fingerprint density at radius 2 is 0.870 bits per heavy atom. The van der Waals surface area contributed by atoms with Crippen LogP contribution in [0.5, 0.6) is 0 Å². The first-order valence-corrected chi connectivity index (χ1v) is 19.5. The van der Waals surface area contributed by atoms with Gasteiger partial charge in [0.1, 0.15) is 6.61 Å². The van der Waals surface area contributed by atoms with E-state index < -0.39 is 6.10 Å². The number of allylic oxidation sites excluding steroid dienone is 6. The second-order valence-electron chi connectivity index (χ2n) is 13.0. The zero-order valence-electron chi connectivity index (χ0n) is 30.3. The van der Waals surface area contributed by atoms with Crippen molar-refractivity contribution in [2.24, 2.45) is 0 Å². The molecule has 1 N–H and O–H groups in total. The fraction of sp³-hybridized carbons (Fsp3) is 0.805. The Morgan fingerprint density at radius 1 is 0.500 bits per heavy atom. The summed E-state index contributed by atoms with van der Waals surface area (Å²) >= 11 is 0. The summed E-state index contributed by atoms with van der Waals surface area (Å²) in [5, 5.41) is 9.54. The van der Waals surface area contributed by atoms with E-state index in [1.165, 1.54) is 103 Å². The molecular weight excluding hydrogens is 572 g/mol. The minimum atomic E-state index is -0.779. The lowest BCUT2D eigenvalue weighted by Crippen LogP contribution is -2.28. The number of carbonyl (C=O) groups excluding carboxylic acids is 2. The van der Waals surface area contributed by atoms with E-state index in [0.29, 0.717) is 12.8 Å². The summed E-state index contributed by atoms with van der Waals surface area (Å²) in [7, 11) is 0. The summed E-state index contributed by atoms with van der Waals surface area (Å²) in [6.45, 7) is 4.09. The van der Waals surface area contributed by atoms with Gasteiger partial charge < -0.3 is 14.6 Å². The van der Waals surface area contributed by atoms with Crippen molar-refractivity contribution in [2.75, 3.05) is 13.2 Å². The molecule has 0 saturated carbocycles. The summed E-state index contributed by atoms with van der Waals surface area (Å²) in [5.41, 5.74) is 0. The highest BCUT2D eigenvalue weighted by Gasteiger charge is 2.16. The predicted octanol–water partition coefficient (Wildman–Crippen LogP) is 12.1. The fourth-order valence-corrected chi connectivity index (χ4v) is 5.44. The van der Waals surface area contributed by atoms with Gasteiger partial charge in [0.25, 0.3) is 0 Å². The molecule has 0 aromatic heterocycles. The molecule has 46 heavy (non-hydrogen) atoms. The van der Waals surface area contributed by atoms with Gasteiger partial charge in [-0.2, -0.15) is 0 Å². The molecule has 5 heteroatoms. The van der Waals surface area contributed by atoms with Crippen molar-refractivity contribution in [3.8, 4) is 0 Å². The topological polar surface area (TPSA) is 72.8 Å². The van der Waals surface area contributed by atoms with Gasteiger partial charge in [0.15, 0.2) is 6.10 Å². The van der Waals surface area contributed by atoms with Crippen molar-refractivity contribution in [3.05, 3.63) is 36.5 Å². The lowest BCUT2D eigenvalue weighted by Gasteiger charge is -2.15. The molecule has 1 unspecified atom stereocenters. The van der Waals surface area contributed by atoms with Crippen LogP contribution in [0.25, 0.3) is 0 Å². The molecule has 0 aliphatic heterocycles. The molecule has 0 spiro atoms. The molecule has 0 aliphatic rings. The first-order chi connectivity index (χ1) is 22.6. The van der Waals surface area contributed by atoms with Gasteiger partial charge in [-0.15, -0.1) is 0 Å². The molecular formula is C41H74O5. The van der Waals surface area contributed by atoms with Gasteiger partial charge in [0.2, 0.25) is 0 Å². The van der Waals surface area contributed by atoms with Gasteiger partial charge in [-0.25, -0.2) is 0 Å². The Kier molecular flexibility index (Phi) is 36.0. The summed E-state index contributed by atoms with van der Waals surface area (Å²) in [4.78, 5) is 24.2. The molecule has 5 nitrogen and oxygen atoms in total. The monoisotopic (exact) mass is 647 g/mol. The normalized spacial score (nSPS) is 12.5. The molecule has 0 rings (SSSR count). The van der Waals surface area contributed by atoms with Crippen LogP contribution in [0.3, 0.4) is 0 Å². The predicted molar refractivity (Wildman–Crippen MR) is 196 cm³/mol. The lowest BCUT2D eigenvalue weighted by molar-refractivity contribution is -0.161. The zero-order chi connectivity index (χ0) is 33.6. The second-order valence-corrected chi connectivity index (χ2v) is 13.0. The van der Waals surface area contributed by atoms with Crippen molar-refractivity contribution in [1.82, 2.24) is 0 Å². The van der Waals surface area contributed by atoms with Crippen LogP contribution < -0.4 is 0 Å². The lowest BCUT2D eigenvalue weighted by atomic mass is 10.0. The van der Waals surface area contributed by atoms with Crippen molar-refractivity contribution in [3.63, 3.8) is 0 Å². The van der Waals surface area contributed by atoms with Crippen molar-refractivity contribution >= 4 is 11.9 Å². The average molecular weight is 647 g/mol. The Bertz CT molecular complexity index is 741. The molecule has 0 aromatic carbocycles.